The maximum atomic E-state index is 11.9. The monoisotopic (exact) mass is 224 g/mol. The fourth-order valence-electron chi connectivity index (χ4n) is 2.22. The minimum atomic E-state index is -1.24. The van der Waals surface area contributed by atoms with Crippen LogP contribution >= 0.6 is 0 Å². The van der Waals surface area contributed by atoms with Crippen LogP contribution in [0.15, 0.2) is 11.8 Å². The number of hydrogen-bond donors (Lipinski definition) is 2. The van der Waals surface area contributed by atoms with Gasteiger partial charge in [-0.25, -0.2) is 0 Å². The largest absolute Gasteiger partial charge is 0.515 e. The van der Waals surface area contributed by atoms with E-state index in [1.807, 2.05) is 0 Å². The van der Waals surface area contributed by atoms with Crippen molar-refractivity contribution in [1.29, 1.82) is 0 Å². The minimum Gasteiger partial charge on any atom is -0.515 e. The molecule has 0 saturated heterocycles. The maximum absolute atomic E-state index is 11.9. The van der Waals surface area contributed by atoms with Crippen molar-refractivity contribution in [2.75, 3.05) is 0 Å². The lowest BCUT2D eigenvalue weighted by Gasteiger charge is -2.25. The van der Waals surface area contributed by atoms with Crippen LogP contribution in [-0.4, -0.2) is 27.7 Å². The number of hydrogen-bond acceptors (Lipinski definition) is 4. The summed E-state index contributed by atoms with van der Waals surface area (Å²) in [5.74, 6) is -3.88. The van der Waals surface area contributed by atoms with E-state index in [2.05, 4.69) is 0 Å². The molecule has 2 unspecified atom stereocenters. The molecule has 2 saturated carbocycles. The zero-order valence-corrected chi connectivity index (χ0v) is 8.55. The van der Waals surface area contributed by atoms with Gasteiger partial charge in [-0.2, -0.15) is 0 Å². The average Bonchev–Trinajstić information content (AvgIpc) is 3.01. The third-order valence-corrected chi connectivity index (χ3v) is 3.23. The van der Waals surface area contributed by atoms with E-state index in [4.69, 9.17) is 10.2 Å². The Morgan fingerprint density at radius 2 is 1.94 bits per heavy atom. The van der Waals surface area contributed by atoms with E-state index in [-0.39, 0.29) is 23.7 Å². The van der Waals surface area contributed by atoms with Crippen LogP contribution in [0.25, 0.3) is 0 Å². The fourth-order valence-corrected chi connectivity index (χ4v) is 2.22. The van der Waals surface area contributed by atoms with Crippen molar-refractivity contribution in [2.45, 2.75) is 19.3 Å². The number of ketones is 2. The molecule has 16 heavy (non-hydrogen) atoms. The zero-order chi connectivity index (χ0) is 11.9. The number of carboxylic acid groups (broad SMARTS) is 1. The quantitative estimate of drug-likeness (QED) is 0.409. The Morgan fingerprint density at radius 1 is 1.31 bits per heavy atom. The highest BCUT2D eigenvalue weighted by atomic mass is 16.4. The van der Waals surface area contributed by atoms with E-state index >= 15 is 0 Å². The van der Waals surface area contributed by atoms with Gasteiger partial charge in [-0.05, 0) is 18.8 Å². The summed E-state index contributed by atoms with van der Waals surface area (Å²) < 4.78 is 0. The van der Waals surface area contributed by atoms with E-state index in [0.717, 1.165) is 12.8 Å². The fraction of sp³-hybridized carbons (Fsp3) is 0.545. The van der Waals surface area contributed by atoms with Gasteiger partial charge in [-0.3, -0.25) is 14.4 Å². The number of aliphatic carboxylic acids is 1. The van der Waals surface area contributed by atoms with E-state index < -0.39 is 23.6 Å². The summed E-state index contributed by atoms with van der Waals surface area (Å²) in [4.78, 5) is 34.4. The molecular weight excluding hydrogens is 212 g/mol. The van der Waals surface area contributed by atoms with E-state index in [9.17, 15) is 14.4 Å². The molecule has 0 radical (unpaired) electrons. The van der Waals surface area contributed by atoms with Crippen LogP contribution in [0.5, 0.6) is 0 Å². The summed E-state index contributed by atoms with van der Waals surface area (Å²) >= 11 is 0. The van der Waals surface area contributed by atoms with Crippen molar-refractivity contribution in [2.24, 2.45) is 17.8 Å². The van der Waals surface area contributed by atoms with Gasteiger partial charge in [0.05, 0.1) is 18.1 Å². The third kappa shape index (κ3) is 1.62. The first-order valence-electron chi connectivity index (χ1n) is 5.20. The first-order chi connectivity index (χ1) is 7.56. The van der Waals surface area contributed by atoms with Gasteiger partial charge in [0.2, 0.25) is 0 Å². The molecule has 2 aliphatic rings. The summed E-state index contributed by atoms with van der Waals surface area (Å²) in [6.07, 6.45) is 2.02. The number of carbonyl (C=O) groups is 3. The average molecular weight is 224 g/mol. The highest BCUT2D eigenvalue weighted by Crippen LogP contribution is 2.43. The summed E-state index contributed by atoms with van der Waals surface area (Å²) in [5.41, 5.74) is -0.135. The highest BCUT2D eigenvalue weighted by molar-refractivity contribution is 6.16. The van der Waals surface area contributed by atoms with Gasteiger partial charge < -0.3 is 10.2 Å². The first kappa shape index (κ1) is 10.9. The van der Waals surface area contributed by atoms with E-state index in [1.165, 1.54) is 0 Å². The third-order valence-electron chi connectivity index (χ3n) is 3.23. The van der Waals surface area contributed by atoms with Crippen LogP contribution in [0.2, 0.25) is 0 Å². The Morgan fingerprint density at radius 3 is 2.38 bits per heavy atom. The molecule has 0 aromatic heterocycles. The van der Waals surface area contributed by atoms with Crippen LogP contribution in [0.1, 0.15) is 19.3 Å². The Balaban J connectivity index is 2.30. The van der Waals surface area contributed by atoms with Crippen molar-refractivity contribution < 1.29 is 24.6 Å². The summed E-state index contributed by atoms with van der Waals surface area (Å²) in [6, 6.07) is 0. The molecule has 0 bridgehead atoms. The lowest BCUT2D eigenvalue weighted by molar-refractivity contribution is -0.147. The molecule has 2 atom stereocenters. The molecule has 0 aliphatic heterocycles. The lowest BCUT2D eigenvalue weighted by Crippen LogP contribution is -2.39. The van der Waals surface area contributed by atoms with Gasteiger partial charge in [-0.1, -0.05) is 0 Å². The molecule has 2 rings (SSSR count). The van der Waals surface area contributed by atoms with Crippen LogP contribution < -0.4 is 0 Å². The summed E-state index contributed by atoms with van der Waals surface area (Å²) in [7, 11) is 0. The summed E-state index contributed by atoms with van der Waals surface area (Å²) in [5, 5.41) is 17.8. The number of carbonyl (C=O) groups excluding carboxylic acids is 2. The van der Waals surface area contributed by atoms with E-state index in [0.29, 0.717) is 6.26 Å². The maximum Gasteiger partial charge on any atom is 0.311 e. The second-order valence-corrected chi connectivity index (χ2v) is 4.33. The Kier molecular flexibility index (Phi) is 2.53. The first-order valence-corrected chi connectivity index (χ1v) is 5.20. The predicted molar refractivity (Wildman–Crippen MR) is 52.7 cm³/mol. The molecule has 2 fully saturated rings. The number of rotatable bonds is 2. The van der Waals surface area contributed by atoms with Gasteiger partial charge in [0.25, 0.3) is 0 Å². The van der Waals surface area contributed by atoms with Crippen molar-refractivity contribution in [1.82, 2.24) is 0 Å². The standard InChI is InChI=1S/C11H12O5/c12-4-7-6(11(15)16)3-8(13)9(10(7)14)5-1-2-5/h4-6,9,12H,1-3H2,(H,15,16). The topological polar surface area (TPSA) is 91.7 Å². The molecule has 0 aromatic rings. The van der Waals surface area contributed by atoms with Crippen molar-refractivity contribution in [3.63, 3.8) is 0 Å². The summed E-state index contributed by atoms with van der Waals surface area (Å²) in [6.45, 7) is 0. The van der Waals surface area contributed by atoms with Crippen LogP contribution in [0.3, 0.4) is 0 Å². The van der Waals surface area contributed by atoms with Gasteiger partial charge in [0.15, 0.2) is 5.78 Å². The molecule has 86 valence electrons. The Hall–Kier alpha value is -1.65. The van der Waals surface area contributed by atoms with Crippen molar-refractivity contribution >= 4 is 17.5 Å². The smallest absolute Gasteiger partial charge is 0.311 e. The molecule has 0 spiro atoms. The molecule has 2 N–H and O–H groups in total. The van der Waals surface area contributed by atoms with Crippen molar-refractivity contribution in [3.05, 3.63) is 11.8 Å². The normalized spacial score (nSPS) is 33.1. The number of Topliss-reactive ketones (excluding diaryl/α,β-unsaturated/α-hetero) is 2. The Bertz CT molecular complexity index is 391. The van der Waals surface area contributed by atoms with Crippen LogP contribution in [-0.2, 0) is 14.4 Å². The van der Waals surface area contributed by atoms with E-state index in [1.54, 1.807) is 0 Å². The molecule has 0 amide bonds. The van der Waals surface area contributed by atoms with Crippen LogP contribution in [0, 0.1) is 17.8 Å². The molecule has 5 heteroatoms. The molecule has 2 aliphatic carbocycles. The number of aliphatic hydroxyl groups is 1. The number of aliphatic hydroxyl groups excluding tert-OH is 1. The molecule has 5 nitrogen and oxygen atoms in total. The lowest BCUT2D eigenvalue weighted by atomic mass is 9.74. The van der Waals surface area contributed by atoms with Crippen LogP contribution in [0.4, 0.5) is 0 Å². The predicted octanol–water partition coefficient (Wildman–Crippen LogP) is 0.697. The highest BCUT2D eigenvalue weighted by Gasteiger charge is 2.48. The minimum absolute atomic E-state index is 0.0599. The molecular formula is C11H12O5. The Labute approximate surface area is 91.8 Å². The van der Waals surface area contributed by atoms with Gasteiger partial charge >= 0.3 is 5.97 Å². The van der Waals surface area contributed by atoms with Gasteiger partial charge in [-0.15, -0.1) is 0 Å². The van der Waals surface area contributed by atoms with Gasteiger partial charge in [0, 0.05) is 12.0 Å². The second-order valence-electron chi connectivity index (χ2n) is 4.33. The second kappa shape index (κ2) is 3.73. The zero-order valence-electron chi connectivity index (χ0n) is 8.55. The number of carboxylic acids is 1. The van der Waals surface area contributed by atoms with Crippen molar-refractivity contribution in [3.8, 4) is 0 Å². The SMILES string of the molecule is O=C(O)C1CC(=O)C(C2CC2)C(=O)C1=CO. The molecule has 0 heterocycles. The van der Waals surface area contributed by atoms with Gasteiger partial charge in [0.1, 0.15) is 5.78 Å². The molecule has 0 aromatic carbocycles.